The Morgan fingerprint density at radius 2 is 2.08 bits per heavy atom. The average molecular weight is 402 g/mol. The number of aliphatic carboxylic acids is 1. The number of methoxy groups -OCH3 is 1. The Morgan fingerprint density at radius 3 is 2.69 bits per heavy atom. The number of ether oxygens (including phenoxy) is 3. The lowest BCUT2D eigenvalue weighted by Crippen LogP contribution is -2.41. The van der Waals surface area contributed by atoms with Gasteiger partial charge in [-0.05, 0) is 24.3 Å². The molecule has 26 heavy (non-hydrogen) atoms. The van der Waals surface area contributed by atoms with Crippen molar-refractivity contribution in [1.29, 1.82) is 0 Å². The van der Waals surface area contributed by atoms with Gasteiger partial charge in [0.1, 0.15) is 35.7 Å². The van der Waals surface area contributed by atoms with E-state index in [9.17, 15) is 9.59 Å². The minimum Gasteiger partial charge on any atom is -0.497 e. The fourth-order valence-electron chi connectivity index (χ4n) is 2.25. The van der Waals surface area contributed by atoms with E-state index in [1.54, 1.807) is 18.9 Å². The molecule has 0 bridgehead atoms. The Hall–Kier alpha value is -1.58. The third-order valence-corrected chi connectivity index (χ3v) is 6.05. The van der Waals surface area contributed by atoms with E-state index in [4.69, 9.17) is 19.3 Å². The molecule has 1 aromatic carbocycles. The molecule has 1 aromatic rings. The van der Waals surface area contributed by atoms with Gasteiger partial charge < -0.3 is 24.6 Å². The molecule has 0 aliphatic carbocycles. The van der Waals surface area contributed by atoms with Gasteiger partial charge >= 0.3 is 5.97 Å². The Balaban J connectivity index is 1.66. The molecule has 7 nitrogen and oxygen atoms in total. The summed E-state index contributed by atoms with van der Waals surface area (Å²) in [5.74, 6) is 1.96. The highest BCUT2D eigenvalue weighted by atomic mass is 32.2. The van der Waals surface area contributed by atoms with Crippen molar-refractivity contribution < 1.29 is 28.9 Å². The van der Waals surface area contributed by atoms with Gasteiger partial charge in [0, 0.05) is 24.2 Å². The van der Waals surface area contributed by atoms with Crippen molar-refractivity contribution in [2.45, 2.75) is 24.5 Å². The number of amides is 1. The van der Waals surface area contributed by atoms with Crippen molar-refractivity contribution >= 4 is 35.4 Å². The van der Waals surface area contributed by atoms with E-state index in [1.807, 2.05) is 24.3 Å². The lowest BCUT2D eigenvalue weighted by Gasteiger charge is -2.15. The van der Waals surface area contributed by atoms with Crippen LogP contribution in [0.5, 0.6) is 11.5 Å². The molecular formula is C17H23NO6S2. The summed E-state index contributed by atoms with van der Waals surface area (Å²) in [5, 5.41) is 11.5. The van der Waals surface area contributed by atoms with Gasteiger partial charge in [0.05, 0.1) is 7.11 Å². The van der Waals surface area contributed by atoms with Gasteiger partial charge in [-0.1, -0.05) is 0 Å². The summed E-state index contributed by atoms with van der Waals surface area (Å²) in [5.41, 5.74) is -0.00348. The van der Waals surface area contributed by atoms with Crippen LogP contribution >= 0.6 is 23.5 Å². The molecular weight excluding hydrogens is 378 g/mol. The summed E-state index contributed by atoms with van der Waals surface area (Å²) >= 11 is 3.14. The highest BCUT2D eigenvalue weighted by molar-refractivity contribution is 8.03. The van der Waals surface area contributed by atoms with Gasteiger partial charge in [-0.15, -0.1) is 11.8 Å². The number of rotatable bonds is 10. The number of carbonyl (C=O) groups excluding carboxylic acids is 1. The first kappa shape index (κ1) is 20.7. The second-order valence-electron chi connectivity index (χ2n) is 5.64. The molecule has 0 radical (unpaired) electrons. The molecule has 3 unspecified atom stereocenters. The maximum Gasteiger partial charge on any atom is 0.327 e. The number of hydrogen-bond donors (Lipinski definition) is 2. The molecule has 1 saturated heterocycles. The number of carboxylic acids is 1. The van der Waals surface area contributed by atoms with Gasteiger partial charge in [-0.2, -0.15) is 11.8 Å². The quantitative estimate of drug-likeness (QED) is 0.614. The molecule has 0 saturated carbocycles. The second kappa shape index (κ2) is 10.5. The minimum absolute atomic E-state index is 0.00156. The number of hydrogen-bond acceptors (Lipinski definition) is 7. The highest BCUT2D eigenvalue weighted by Crippen LogP contribution is 2.29. The maximum atomic E-state index is 11.1. The van der Waals surface area contributed by atoms with Crippen LogP contribution in [0.25, 0.3) is 0 Å². The number of benzene rings is 1. The SMILES string of the molecule is COc1ccc(OCC2CSC(CSCC(NC(C)=O)C(=O)O)O2)cc1. The van der Waals surface area contributed by atoms with Crippen molar-refractivity contribution in [1.82, 2.24) is 5.32 Å². The van der Waals surface area contributed by atoms with Crippen LogP contribution in [0, 0.1) is 0 Å². The van der Waals surface area contributed by atoms with Crippen LogP contribution in [0.1, 0.15) is 6.92 Å². The Bertz CT molecular complexity index is 597. The van der Waals surface area contributed by atoms with Crippen LogP contribution in [0.3, 0.4) is 0 Å². The monoisotopic (exact) mass is 401 g/mol. The number of nitrogens with one attached hydrogen (secondary N) is 1. The zero-order chi connectivity index (χ0) is 18.9. The molecule has 3 atom stereocenters. The lowest BCUT2D eigenvalue weighted by atomic mass is 10.3. The Morgan fingerprint density at radius 1 is 1.38 bits per heavy atom. The van der Waals surface area contributed by atoms with Crippen molar-refractivity contribution in [3.05, 3.63) is 24.3 Å². The first-order chi connectivity index (χ1) is 12.5. The molecule has 9 heteroatoms. The van der Waals surface area contributed by atoms with Crippen molar-refractivity contribution in [2.75, 3.05) is 31.0 Å². The van der Waals surface area contributed by atoms with Crippen LogP contribution in [0.4, 0.5) is 0 Å². The molecule has 1 amide bonds. The smallest absolute Gasteiger partial charge is 0.327 e. The topological polar surface area (TPSA) is 94.1 Å². The largest absolute Gasteiger partial charge is 0.497 e. The number of carbonyl (C=O) groups is 2. The third-order valence-electron chi connectivity index (χ3n) is 3.52. The van der Waals surface area contributed by atoms with Crippen LogP contribution in [0.2, 0.25) is 0 Å². The van der Waals surface area contributed by atoms with Crippen LogP contribution < -0.4 is 14.8 Å². The van der Waals surface area contributed by atoms with E-state index in [0.29, 0.717) is 18.1 Å². The van der Waals surface area contributed by atoms with Gasteiger partial charge in [-0.25, -0.2) is 4.79 Å². The fourth-order valence-corrected chi connectivity index (χ4v) is 4.63. The number of thioether (sulfide) groups is 2. The molecule has 1 aliphatic heterocycles. The van der Waals surface area contributed by atoms with E-state index in [1.165, 1.54) is 18.7 Å². The molecule has 2 N–H and O–H groups in total. The molecule has 2 rings (SSSR count). The van der Waals surface area contributed by atoms with Crippen molar-refractivity contribution in [3.8, 4) is 11.5 Å². The summed E-state index contributed by atoms with van der Waals surface area (Å²) in [6, 6.07) is 6.50. The third kappa shape index (κ3) is 6.97. The van der Waals surface area contributed by atoms with E-state index < -0.39 is 12.0 Å². The van der Waals surface area contributed by atoms with Gasteiger partial charge in [0.2, 0.25) is 5.91 Å². The van der Waals surface area contributed by atoms with Gasteiger partial charge in [0.15, 0.2) is 0 Å². The van der Waals surface area contributed by atoms with E-state index in [2.05, 4.69) is 5.32 Å². The minimum atomic E-state index is -1.03. The zero-order valence-electron chi connectivity index (χ0n) is 14.7. The maximum absolute atomic E-state index is 11.1. The summed E-state index contributed by atoms with van der Waals surface area (Å²) in [7, 11) is 1.62. The molecule has 144 valence electrons. The molecule has 1 aliphatic rings. The molecule has 0 aromatic heterocycles. The molecule has 1 heterocycles. The van der Waals surface area contributed by atoms with Gasteiger partial charge in [-0.3, -0.25) is 4.79 Å². The number of carboxylic acid groups (broad SMARTS) is 1. The molecule has 0 spiro atoms. The zero-order valence-corrected chi connectivity index (χ0v) is 16.3. The van der Waals surface area contributed by atoms with Crippen molar-refractivity contribution in [3.63, 3.8) is 0 Å². The highest BCUT2D eigenvalue weighted by Gasteiger charge is 2.27. The summed E-state index contributed by atoms with van der Waals surface area (Å²) in [4.78, 5) is 22.1. The summed E-state index contributed by atoms with van der Waals surface area (Å²) < 4.78 is 16.7. The average Bonchev–Trinajstić information content (AvgIpc) is 3.07. The molecule has 1 fully saturated rings. The summed E-state index contributed by atoms with van der Waals surface area (Å²) in [6.45, 7) is 1.77. The normalized spacial score (nSPS) is 20.4. The first-order valence-corrected chi connectivity index (χ1v) is 10.3. The standard InChI is InChI=1S/C17H23NO6S2/c1-11(19)18-15(17(20)21)9-25-10-16-24-14(8-26-16)7-23-13-5-3-12(22-2)4-6-13/h3-6,14-16H,7-10H2,1-2H3,(H,18,19)(H,20,21). The predicted octanol–water partition coefficient (Wildman–Crippen LogP) is 1.85. The first-order valence-electron chi connectivity index (χ1n) is 8.09. The van der Waals surface area contributed by atoms with E-state index in [0.717, 1.165) is 17.3 Å². The fraction of sp³-hybridized carbons (Fsp3) is 0.529. The van der Waals surface area contributed by atoms with E-state index >= 15 is 0 Å². The lowest BCUT2D eigenvalue weighted by molar-refractivity contribution is -0.140. The Labute approximate surface area is 161 Å². The van der Waals surface area contributed by atoms with Gasteiger partial charge in [0.25, 0.3) is 0 Å². The van der Waals surface area contributed by atoms with Crippen LogP contribution in [-0.2, 0) is 14.3 Å². The predicted molar refractivity (Wildman–Crippen MR) is 102 cm³/mol. The Kier molecular flexibility index (Phi) is 8.40. The van der Waals surface area contributed by atoms with Crippen LogP contribution in [0.15, 0.2) is 24.3 Å². The van der Waals surface area contributed by atoms with Crippen molar-refractivity contribution in [2.24, 2.45) is 0 Å². The summed E-state index contributed by atoms with van der Waals surface area (Å²) in [6.07, 6.45) is -0.00156. The van der Waals surface area contributed by atoms with E-state index in [-0.39, 0.29) is 17.4 Å². The van der Waals surface area contributed by atoms with Crippen LogP contribution in [-0.4, -0.2) is 65.5 Å². The second-order valence-corrected chi connectivity index (χ2v) is 7.90.